The molecule has 3 N–H and O–H groups in total. The van der Waals surface area contributed by atoms with E-state index in [2.05, 4.69) is 14.7 Å². The summed E-state index contributed by atoms with van der Waals surface area (Å²) in [6.45, 7) is -0.165. The zero-order chi connectivity index (χ0) is 17.3. The highest BCUT2D eigenvalue weighted by Gasteiger charge is 2.16. The van der Waals surface area contributed by atoms with Gasteiger partial charge in [0, 0.05) is 29.8 Å². The molecular weight excluding hydrogens is 340 g/mol. The zero-order valence-electron chi connectivity index (χ0n) is 12.0. The summed E-state index contributed by atoms with van der Waals surface area (Å²) in [6.07, 6.45) is 1.34. The molecular formula is C15H11F2N3O3S. The van der Waals surface area contributed by atoms with Gasteiger partial charge in [-0.2, -0.15) is 0 Å². The van der Waals surface area contributed by atoms with Crippen molar-refractivity contribution in [3.8, 4) is 11.1 Å². The van der Waals surface area contributed by atoms with Crippen molar-refractivity contribution < 1.29 is 17.5 Å². The minimum atomic E-state index is -2.28. The molecule has 3 aromatic rings. The topological polar surface area (TPSA) is 95.1 Å². The van der Waals surface area contributed by atoms with Crippen LogP contribution in [0.25, 0.3) is 22.2 Å². The molecule has 6 nitrogen and oxygen atoms in total. The van der Waals surface area contributed by atoms with Crippen LogP contribution in [0.2, 0.25) is 0 Å². The predicted octanol–water partition coefficient (Wildman–Crippen LogP) is 2.09. The molecule has 0 fully saturated rings. The lowest BCUT2D eigenvalue weighted by Crippen LogP contribution is -2.15. The standard InChI is InChI=1S/C15H11F2N3O3S/c16-11-5-8(7-19-24(22)23)6-12(17)14(11)9-3-4-18-15-10(9)1-2-13(21)20-15/h1-6,19H,7H2,(H,22,23)(H,18,20,21). The summed E-state index contributed by atoms with van der Waals surface area (Å²) in [4.78, 5) is 17.8. The molecule has 0 aliphatic carbocycles. The van der Waals surface area contributed by atoms with Crippen LogP contribution in [0.3, 0.4) is 0 Å². The minimum absolute atomic E-state index is 0.165. The molecule has 124 valence electrons. The molecule has 0 aliphatic rings. The Morgan fingerprint density at radius 1 is 1.21 bits per heavy atom. The van der Waals surface area contributed by atoms with E-state index in [9.17, 15) is 17.8 Å². The van der Waals surface area contributed by atoms with Crippen LogP contribution in [0.15, 0.2) is 41.3 Å². The second-order valence-corrected chi connectivity index (χ2v) is 5.74. The maximum atomic E-state index is 14.4. The largest absolute Gasteiger partial charge is 0.307 e. The fraction of sp³-hybridized carbons (Fsp3) is 0.0667. The molecule has 1 aromatic carbocycles. The van der Waals surface area contributed by atoms with Gasteiger partial charge >= 0.3 is 0 Å². The Morgan fingerprint density at radius 2 is 1.92 bits per heavy atom. The second-order valence-electron chi connectivity index (χ2n) is 4.95. The second kappa shape index (κ2) is 6.56. The molecule has 0 bridgehead atoms. The number of halogens is 2. The molecule has 1 unspecified atom stereocenters. The molecule has 0 amide bonds. The fourth-order valence-corrected chi connectivity index (χ4v) is 2.70. The molecule has 24 heavy (non-hydrogen) atoms. The van der Waals surface area contributed by atoms with Gasteiger partial charge in [-0.1, -0.05) is 0 Å². The molecule has 0 saturated carbocycles. The molecule has 0 spiro atoms. The van der Waals surface area contributed by atoms with Crippen LogP contribution in [0.5, 0.6) is 0 Å². The highest BCUT2D eigenvalue weighted by Crippen LogP contribution is 2.31. The van der Waals surface area contributed by atoms with Gasteiger partial charge in [-0.15, -0.1) is 0 Å². The van der Waals surface area contributed by atoms with Crippen LogP contribution < -0.4 is 10.3 Å². The predicted molar refractivity (Wildman–Crippen MR) is 85.3 cm³/mol. The molecule has 9 heteroatoms. The lowest BCUT2D eigenvalue weighted by Gasteiger charge is -2.10. The van der Waals surface area contributed by atoms with E-state index in [0.717, 1.165) is 12.1 Å². The Labute approximate surface area is 137 Å². The number of aromatic amines is 1. The first-order valence-electron chi connectivity index (χ1n) is 6.76. The van der Waals surface area contributed by atoms with Gasteiger partial charge < -0.3 is 4.98 Å². The van der Waals surface area contributed by atoms with Crippen LogP contribution in [0.1, 0.15) is 5.56 Å². The van der Waals surface area contributed by atoms with Crippen molar-refractivity contribution in [2.75, 3.05) is 0 Å². The molecule has 2 heterocycles. The third-order valence-electron chi connectivity index (χ3n) is 3.40. The quantitative estimate of drug-likeness (QED) is 0.627. The number of benzene rings is 1. The highest BCUT2D eigenvalue weighted by atomic mass is 32.2. The number of aromatic nitrogens is 2. The van der Waals surface area contributed by atoms with E-state index in [1.807, 2.05) is 0 Å². The summed E-state index contributed by atoms with van der Waals surface area (Å²) in [5.41, 5.74) is 0.0227. The van der Waals surface area contributed by atoms with Crippen LogP contribution >= 0.6 is 0 Å². The van der Waals surface area contributed by atoms with Gasteiger partial charge in [-0.05, 0) is 29.8 Å². The van der Waals surface area contributed by atoms with Crippen molar-refractivity contribution in [2.45, 2.75) is 6.54 Å². The van der Waals surface area contributed by atoms with Crippen molar-refractivity contribution in [3.05, 3.63) is 64.1 Å². The average molecular weight is 351 g/mol. The maximum absolute atomic E-state index is 14.4. The third-order valence-corrected chi connectivity index (χ3v) is 3.80. The number of fused-ring (bicyclic) bond motifs is 1. The SMILES string of the molecule is O=c1ccc2c(-c3c(F)cc(CNS(=O)O)cc3F)ccnc2[nH]1. The van der Waals surface area contributed by atoms with Gasteiger partial charge in [0.2, 0.25) is 16.8 Å². The minimum Gasteiger partial charge on any atom is -0.307 e. The van der Waals surface area contributed by atoms with Crippen molar-refractivity contribution in [1.29, 1.82) is 0 Å². The van der Waals surface area contributed by atoms with Crippen molar-refractivity contribution >= 4 is 22.3 Å². The van der Waals surface area contributed by atoms with E-state index in [-0.39, 0.29) is 34.4 Å². The molecule has 0 saturated heterocycles. The number of nitrogens with one attached hydrogen (secondary N) is 2. The van der Waals surface area contributed by atoms with Gasteiger partial charge in [0.15, 0.2) is 0 Å². The molecule has 1 atom stereocenters. The maximum Gasteiger partial charge on any atom is 0.249 e. The number of hydrogen-bond donors (Lipinski definition) is 3. The van der Waals surface area contributed by atoms with Crippen LogP contribution in [0, 0.1) is 11.6 Å². The Kier molecular flexibility index (Phi) is 4.47. The first kappa shape index (κ1) is 16.4. The van der Waals surface area contributed by atoms with Gasteiger partial charge in [0.05, 0.1) is 5.56 Å². The Hall–Kier alpha value is -2.49. The monoisotopic (exact) mass is 351 g/mol. The smallest absolute Gasteiger partial charge is 0.249 e. The summed E-state index contributed by atoms with van der Waals surface area (Å²) < 4.78 is 50.3. The van der Waals surface area contributed by atoms with Crippen molar-refractivity contribution in [2.24, 2.45) is 0 Å². The van der Waals surface area contributed by atoms with E-state index < -0.39 is 22.9 Å². The Bertz CT molecular complexity index is 984. The zero-order valence-corrected chi connectivity index (χ0v) is 12.9. The lowest BCUT2D eigenvalue weighted by atomic mass is 10.00. The number of nitrogens with zero attached hydrogens (tertiary/aromatic N) is 1. The van der Waals surface area contributed by atoms with E-state index in [1.165, 1.54) is 24.4 Å². The summed E-state index contributed by atoms with van der Waals surface area (Å²) in [6, 6.07) is 6.30. The van der Waals surface area contributed by atoms with Gasteiger partial charge in [0.25, 0.3) is 0 Å². The average Bonchev–Trinajstić information content (AvgIpc) is 2.52. The van der Waals surface area contributed by atoms with Crippen LogP contribution in [0.4, 0.5) is 8.78 Å². The van der Waals surface area contributed by atoms with Crippen LogP contribution in [-0.2, 0) is 17.8 Å². The van der Waals surface area contributed by atoms with Gasteiger partial charge in [-0.25, -0.2) is 22.7 Å². The molecule has 2 aromatic heterocycles. The summed E-state index contributed by atoms with van der Waals surface area (Å²) >= 11 is -2.28. The lowest BCUT2D eigenvalue weighted by molar-refractivity contribution is 0.546. The Morgan fingerprint density at radius 3 is 2.58 bits per heavy atom. The molecule has 3 rings (SSSR count). The number of rotatable bonds is 4. The van der Waals surface area contributed by atoms with Crippen LogP contribution in [-0.4, -0.2) is 18.7 Å². The van der Waals surface area contributed by atoms with E-state index >= 15 is 0 Å². The highest BCUT2D eigenvalue weighted by molar-refractivity contribution is 7.77. The van der Waals surface area contributed by atoms with Crippen molar-refractivity contribution in [1.82, 2.24) is 14.7 Å². The normalized spacial score (nSPS) is 12.5. The van der Waals surface area contributed by atoms with Gasteiger partial charge in [0.1, 0.15) is 17.3 Å². The molecule has 0 radical (unpaired) electrons. The fourth-order valence-electron chi connectivity index (χ4n) is 2.41. The first-order chi connectivity index (χ1) is 11.5. The summed E-state index contributed by atoms with van der Waals surface area (Å²) in [5.74, 6) is -1.65. The van der Waals surface area contributed by atoms with E-state index in [1.54, 1.807) is 0 Å². The third kappa shape index (κ3) is 3.23. The van der Waals surface area contributed by atoms with E-state index in [0.29, 0.717) is 5.39 Å². The summed E-state index contributed by atoms with van der Waals surface area (Å²) in [5, 5.41) is 0.400. The first-order valence-corrected chi connectivity index (χ1v) is 7.87. The number of pyridine rings is 2. The van der Waals surface area contributed by atoms with Gasteiger partial charge in [-0.3, -0.25) is 9.35 Å². The Balaban J connectivity index is 2.13. The molecule has 0 aliphatic heterocycles. The van der Waals surface area contributed by atoms with E-state index in [4.69, 9.17) is 4.55 Å². The number of H-pyrrole nitrogens is 1. The summed E-state index contributed by atoms with van der Waals surface area (Å²) in [7, 11) is 0. The number of hydrogen-bond acceptors (Lipinski definition) is 3. The van der Waals surface area contributed by atoms with Crippen molar-refractivity contribution in [3.63, 3.8) is 0 Å².